The summed E-state index contributed by atoms with van der Waals surface area (Å²) in [6.45, 7) is 3.54. The Morgan fingerprint density at radius 3 is 3.06 bits per heavy atom. The van der Waals surface area contributed by atoms with Crippen molar-refractivity contribution in [2.45, 2.75) is 13.0 Å². The summed E-state index contributed by atoms with van der Waals surface area (Å²) in [5, 5.41) is 0. The van der Waals surface area contributed by atoms with Crippen molar-refractivity contribution in [3.8, 4) is 0 Å². The number of hydrogen-bond acceptors (Lipinski definition) is 2. The number of ether oxygens (including phenoxy) is 1. The van der Waals surface area contributed by atoms with Crippen LogP contribution in [-0.2, 0) is 4.74 Å². The average Bonchev–Trinajstić information content (AvgIpc) is 2.31. The van der Waals surface area contributed by atoms with E-state index in [-0.39, 0.29) is 12.0 Å². The number of rotatable bonds is 1. The van der Waals surface area contributed by atoms with Crippen molar-refractivity contribution in [2.24, 2.45) is 0 Å². The van der Waals surface area contributed by atoms with Crippen LogP contribution in [0.25, 0.3) is 0 Å². The third-order valence-electron chi connectivity index (χ3n) is 2.69. The van der Waals surface area contributed by atoms with E-state index >= 15 is 0 Å². The van der Waals surface area contributed by atoms with Gasteiger partial charge in [-0.05, 0) is 41.1 Å². The maximum atomic E-state index is 13.1. The summed E-state index contributed by atoms with van der Waals surface area (Å²) in [6, 6.07) is 4.13. The van der Waals surface area contributed by atoms with Crippen LogP contribution in [0.3, 0.4) is 0 Å². The van der Waals surface area contributed by atoms with E-state index in [9.17, 15) is 9.18 Å². The molecule has 17 heavy (non-hydrogen) atoms. The van der Waals surface area contributed by atoms with E-state index in [1.165, 1.54) is 12.1 Å². The van der Waals surface area contributed by atoms with Gasteiger partial charge in [-0.3, -0.25) is 4.79 Å². The van der Waals surface area contributed by atoms with Crippen molar-refractivity contribution >= 4 is 21.8 Å². The van der Waals surface area contributed by atoms with Gasteiger partial charge in [0.1, 0.15) is 5.82 Å². The van der Waals surface area contributed by atoms with Gasteiger partial charge < -0.3 is 9.64 Å². The monoisotopic (exact) mass is 301 g/mol. The van der Waals surface area contributed by atoms with Gasteiger partial charge in [0, 0.05) is 17.6 Å². The number of hydrogen-bond donors (Lipinski definition) is 0. The Morgan fingerprint density at radius 2 is 2.35 bits per heavy atom. The van der Waals surface area contributed by atoms with Crippen LogP contribution in [0.4, 0.5) is 4.39 Å². The van der Waals surface area contributed by atoms with Crippen LogP contribution in [0.2, 0.25) is 0 Å². The highest BCUT2D eigenvalue weighted by molar-refractivity contribution is 9.10. The number of carbonyl (C=O) groups excluding carboxylic acids is 1. The van der Waals surface area contributed by atoms with Crippen LogP contribution < -0.4 is 0 Å². The predicted octanol–water partition coefficient (Wildman–Crippen LogP) is 2.45. The molecule has 0 bridgehead atoms. The average molecular weight is 302 g/mol. The Kier molecular flexibility index (Phi) is 3.79. The van der Waals surface area contributed by atoms with Gasteiger partial charge in [0.2, 0.25) is 0 Å². The summed E-state index contributed by atoms with van der Waals surface area (Å²) < 4.78 is 19.1. The van der Waals surface area contributed by atoms with E-state index in [1.54, 1.807) is 11.0 Å². The maximum absolute atomic E-state index is 13.1. The fraction of sp³-hybridized carbons (Fsp3) is 0.417. The SMILES string of the molecule is C[C@@H]1CN(C(=O)c2cc(F)ccc2Br)CCO1. The number of benzene rings is 1. The van der Waals surface area contributed by atoms with E-state index in [4.69, 9.17) is 4.74 Å². The van der Waals surface area contributed by atoms with Gasteiger partial charge in [-0.15, -0.1) is 0 Å². The Morgan fingerprint density at radius 1 is 1.59 bits per heavy atom. The first kappa shape index (κ1) is 12.5. The third-order valence-corrected chi connectivity index (χ3v) is 3.38. The molecule has 0 spiro atoms. The first-order valence-electron chi connectivity index (χ1n) is 5.44. The Balaban J connectivity index is 2.21. The second kappa shape index (κ2) is 5.14. The van der Waals surface area contributed by atoms with Crippen LogP contribution >= 0.6 is 15.9 Å². The first-order valence-corrected chi connectivity index (χ1v) is 6.23. The van der Waals surface area contributed by atoms with Crippen LogP contribution in [-0.4, -0.2) is 36.6 Å². The number of morpholine rings is 1. The molecule has 0 saturated carbocycles. The standard InChI is InChI=1S/C12H13BrFNO2/c1-8-7-15(4-5-17-8)12(16)10-6-9(14)2-3-11(10)13/h2-3,6,8H,4-5,7H2,1H3/t8-/m1/s1. The van der Waals surface area contributed by atoms with E-state index in [1.807, 2.05) is 6.92 Å². The van der Waals surface area contributed by atoms with Gasteiger partial charge in [0.25, 0.3) is 5.91 Å². The molecule has 1 aromatic rings. The lowest BCUT2D eigenvalue weighted by molar-refractivity contribution is -0.0124. The van der Waals surface area contributed by atoms with E-state index < -0.39 is 5.82 Å². The van der Waals surface area contributed by atoms with Gasteiger partial charge in [0.15, 0.2) is 0 Å². The summed E-state index contributed by atoms with van der Waals surface area (Å²) in [4.78, 5) is 13.9. The second-order valence-electron chi connectivity index (χ2n) is 4.06. The van der Waals surface area contributed by atoms with E-state index in [0.717, 1.165) is 0 Å². The molecular formula is C12H13BrFNO2. The van der Waals surface area contributed by atoms with Crippen molar-refractivity contribution in [2.75, 3.05) is 19.7 Å². The van der Waals surface area contributed by atoms with Gasteiger partial charge in [-0.1, -0.05) is 0 Å². The van der Waals surface area contributed by atoms with Gasteiger partial charge in [-0.25, -0.2) is 4.39 Å². The van der Waals surface area contributed by atoms with Crippen molar-refractivity contribution in [3.05, 3.63) is 34.1 Å². The molecule has 1 saturated heterocycles. The van der Waals surface area contributed by atoms with Crippen molar-refractivity contribution < 1.29 is 13.9 Å². The molecule has 2 rings (SSSR count). The summed E-state index contributed by atoms with van der Waals surface area (Å²) in [5.74, 6) is -0.565. The second-order valence-corrected chi connectivity index (χ2v) is 4.91. The first-order chi connectivity index (χ1) is 8.08. The molecular weight excluding hydrogens is 289 g/mol. The lowest BCUT2D eigenvalue weighted by Crippen LogP contribution is -2.44. The zero-order valence-electron chi connectivity index (χ0n) is 9.45. The zero-order chi connectivity index (χ0) is 12.4. The topological polar surface area (TPSA) is 29.5 Å². The number of halogens is 2. The van der Waals surface area contributed by atoms with Crippen molar-refractivity contribution in [1.82, 2.24) is 4.90 Å². The summed E-state index contributed by atoms with van der Waals surface area (Å²) in [7, 11) is 0. The van der Waals surface area contributed by atoms with Crippen LogP contribution in [0.1, 0.15) is 17.3 Å². The normalized spacial score (nSPS) is 20.4. The number of nitrogens with zero attached hydrogens (tertiary/aromatic N) is 1. The fourth-order valence-corrected chi connectivity index (χ4v) is 2.25. The third kappa shape index (κ3) is 2.84. The van der Waals surface area contributed by atoms with E-state index in [2.05, 4.69) is 15.9 Å². The smallest absolute Gasteiger partial charge is 0.255 e. The van der Waals surface area contributed by atoms with E-state index in [0.29, 0.717) is 29.7 Å². The lowest BCUT2D eigenvalue weighted by atomic mass is 10.1. The maximum Gasteiger partial charge on any atom is 0.255 e. The lowest BCUT2D eigenvalue weighted by Gasteiger charge is -2.31. The van der Waals surface area contributed by atoms with Crippen molar-refractivity contribution in [1.29, 1.82) is 0 Å². The molecule has 1 atom stereocenters. The summed E-state index contributed by atoms with van der Waals surface area (Å²) in [6.07, 6.45) is 0.0278. The van der Waals surface area contributed by atoms with Crippen LogP contribution in [0.5, 0.6) is 0 Å². The molecule has 92 valence electrons. The molecule has 1 aliphatic rings. The number of carbonyl (C=O) groups is 1. The molecule has 1 fully saturated rings. The molecule has 0 N–H and O–H groups in total. The molecule has 3 nitrogen and oxygen atoms in total. The minimum absolute atomic E-state index is 0.0278. The van der Waals surface area contributed by atoms with Crippen LogP contribution in [0.15, 0.2) is 22.7 Å². The summed E-state index contributed by atoms with van der Waals surface area (Å²) >= 11 is 3.27. The molecule has 0 radical (unpaired) electrons. The predicted molar refractivity (Wildman–Crippen MR) is 65.4 cm³/mol. The summed E-state index contributed by atoms with van der Waals surface area (Å²) in [5.41, 5.74) is 0.360. The van der Waals surface area contributed by atoms with Gasteiger partial charge >= 0.3 is 0 Å². The Hall–Kier alpha value is -0.940. The van der Waals surface area contributed by atoms with Crippen LogP contribution in [0, 0.1) is 5.82 Å². The van der Waals surface area contributed by atoms with Gasteiger partial charge in [-0.2, -0.15) is 0 Å². The molecule has 0 aromatic heterocycles. The highest BCUT2D eigenvalue weighted by Gasteiger charge is 2.24. The minimum Gasteiger partial charge on any atom is -0.375 e. The highest BCUT2D eigenvalue weighted by atomic mass is 79.9. The fourth-order valence-electron chi connectivity index (χ4n) is 1.83. The molecule has 1 amide bonds. The quantitative estimate of drug-likeness (QED) is 0.797. The minimum atomic E-state index is -0.405. The zero-order valence-corrected chi connectivity index (χ0v) is 11.0. The molecule has 0 unspecified atom stereocenters. The van der Waals surface area contributed by atoms with Crippen molar-refractivity contribution in [3.63, 3.8) is 0 Å². The number of amides is 1. The molecule has 1 heterocycles. The molecule has 1 aliphatic heterocycles. The largest absolute Gasteiger partial charge is 0.375 e. The van der Waals surface area contributed by atoms with Gasteiger partial charge in [0.05, 0.1) is 18.3 Å². The molecule has 5 heteroatoms. The highest BCUT2D eigenvalue weighted by Crippen LogP contribution is 2.20. The molecule has 1 aromatic carbocycles. The Bertz CT molecular complexity index is 439. The Labute approximate surface area is 108 Å². The molecule has 0 aliphatic carbocycles.